The van der Waals surface area contributed by atoms with E-state index in [0.29, 0.717) is 5.69 Å². The molecule has 1 aromatic heterocycles. The number of carbonyl (C=O) groups is 2. The number of ether oxygens (including phenoxy) is 1. The lowest BCUT2D eigenvalue weighted by Gasteiger charge is -2.26. The second-order valence-electron chi connectivity index (χ2n) is 6.19. The molecule has 0 saturated carbocycles. The number of nitrogens with one attached hydrogen (secondary N) is 3. The van der Waals surface area contributed by atoms with E-state index in [4.69, 9.17) is 4.74 Å². The number of benzene rings is 1. The number of H-pyrrole nitrogens is 1. The first kappa shape index (κ1) is 19.9. The van der Waals surface area contributed by atoms with Crippen molar-refractivity contribution in [1.82, 2.24) is 9.55 Å². The average Bonchev–Trinajstić information content (AvgIpc) is 2.67. The van der Waals surface area contributed by atoms with Gasteiger partial charge in [-0.1, -0.05) is 6.07 Å². The lowest BCUT2D eigenvalue weighted by atomic mass is 9.92. The molecule has 0 saturated heterocycles. The normalized spacial score (nSPS) is 15.6. The number of methoxy groups -OCH3 is 1. The minimum absolute atomic E-state index is 0.0417. The maximum atomic E-state index is 12.9. The lowest BCUT2D eigenvalue weighted by molar-refractivity contribution is -0.123. The Kier molecular flexibility index (Phi) is 6.00. The van der Waals surface area contributed by atoms with Gasteiger partial charge in [0.1, 0.15) is 5.82 Å². The van der Waals surface area contributed by atoms with E-state index < -0.39 is 29.0 Å². The van der Waals surface area contributed by atoms with Crippen LogP contribution in [-0.2, 0) is 20.9 Å². The van der Waals surface area contributed by atoms with Crippen LogP contribution in [0, 0.1) is 0 Å². The van der Waals surface area contributed by atoms with Crippen LogP contribution in [0.5, 0.6) is 0 Å². The Morgan fingerprint density at radius 3 is 2.86 bits per heavy atom. The molecular formula is C18H20N4O5S. The first-order chi connectivity index (χ1) is 13.4. The van der Waals surface area contributed by atoms with Gasteiger partial charge in [0.2, 0.25) is 11.8 Å². The predicted molar refractivity (Wildman–Crippen MR) is 106 cm³/mol. The van der Waals surface area contributed by atoms with E-state index in [1.807, 2.05) is 12.3 Å². The van der Waals surface area contributed by atoms with Crippen molar-refractivity contribution >= 4 is 35.1 Å². The molecule has 2 aromatic rings. The molecule has 2 heterocycles. The van der Waals surface area contributed by atoms with Crippen LogP contribution >= 0.6 is 11.8 Å². The Hall–Kier alpha value is -2.85. The molecule has 9 nitrogen and oxygen atoms in total. The van der Waals surface area contributed by atoms with Gasteiger partial charge in [-0.05, 0) is 24.5 Å². The van der Waals surface area contributed by atoms with Gasteiger partial charge in [-0.25, -0.2) is 4.79 Å². The molecule has 1 aliphatic rings. The molecule has 0 aliphatic carbocycles. The molecule has 1 aliphatic heterocycles. The molecule has 148 valence electrons. The fourth-order valence-electron chi connectivity index (χ4n) is 3.06. The molecule has 3 rings (SSSR count). The van der Waals surface area contributed by atoms with Gasteiger partial charge >= 0.3 is 5.69 Å². The third-order valence-electron chi connectivity index (χ3n) is 4.40. The summed E-state index contributed by atoms with van der Waals surface area (Å²) in [6, 6.07) is 7.24. The Balaban J connectivity index is 2.00. The standard InChI is InChI=1S/C18H20N4O5S/c1-27-7-6-22-15-14(17(25)21-18(22)26)12(9-13(23)20-15)16(24)19-10-4-3-5-11(8-10)28-2/h3-5,8,12H,6-7,9H2,1-2H3,(H,19,24)(H,20,23)(H,21,25,26). The summed E-state index contributed by atoms with van der Waals surface area (Å²) in [4.78, 5) is 52.9. The number of rotatable bonds is 6. The van der Waals surface area contributed by atoms with Crippen LogP contribution in [0.15, 0.2) is 38.8 Å². The van der Waals surface area contributed by atoms with Crippen LogP contribution in [0.3, 0.4) is 0 Å². The van der Waals surface area contributed by atoms with E-state index in [0.717, 1.165) is 4.90 Å². The number of carbonyl (C=O) groups excluding carboxylic acids is 2. The molecule has 28 heavy (non-hydrogen) atoms. The van der Waals surface area contributed by atoms with E-state index in [2.05, 4.69) is 15.6 Å². The van der Waals surface area contributed by atoms with Crippen LogP contribution in [0.2, 0.25) is 0 Å². The third-order valence-corrected chi connectivity index (χ3v) is 5.13. The molecule has 0 spiro atoms. The van der Waals surface area contributed by atoms with Gasteiger partial charge in [-0.15, -0.1) is 11.8 Å². The minimum Gasteiger partial charge on any atom is -0.383 e. The topological polar surface area (TPSA) is 122 Å². The van der Waals surface area contributed by atoms with Gasteiger partial charge < -0.3 is 15.4 Å². The number of aromatic amines is 1. The molecule has 0 fully saturated rings. The quantitative estimate of drug-likeness (QED) is 0.617. The predicted octanol–water partition coefficient (Wildman–Crippen LogP) is 0.969. The van der Waals surface area contributed by atoms with Crippen molar-refractivity contribution in [3.8, 4) is 0 Å². The van der Waals surface area contributed by atoms with Gasteiger partial charge in [0.05, 0.1) is 24.6 Å². The van der Waals surface area contributed by atoms with Gasteiger partial charge in [-0.3, -0.25) is 23.9 Å². The maximum absolute atomic E-state index is 12.9. The molecule has 1 atom stereocenters. The number of hydrogen-bond acceptors (Lipinski definition) is 6. The van der Waals surface area contributed by atoms with Crippen LogP contribution in [-0.4, -0.2) is 41.3 Å². The minimum atomic E-state index is -1.01. The highest BCUT2D eigenvalue weighted by Gasteiger charge is 2.35. The summed E-state index contributed by atoms with van der Waals surface area (Å²) < 4.78 is 6.18. The van der Waals surface area contributed by atoms with Gasteiger partial charge in [-0.2, -0.15) is 0 Å². The summed E-state index contributed by atoms with van der Waals surface area (Å²) >= 11 is 1.53. The zero-order valence-electron chi connectivity index (χ0n) is 15.4. The number of nitrogens with zero attached hydrogens (tertiary/aromatic N) is 1. The van der Waals surface area contributed by atoms with Crippen LogP contribution in [0.1, 0.15) is 17.9 Å². The summed E-state index contributed by atoms with van der Waals surface area (Å²) in [7, 11) is 1.47. The average molecular weight is 404 g/mol. The fraction of sp³-hybridized carbons (Fsp3) is 0.333. The zero-order valence-corrected chi connectivity index (χ0v) is 16.2. The van der Waals surface area contributed by atoms with Crippen molar-refractivity contribution in [2.45, 2.75) is 23.8 Å². The summed E-state index contributed by atoms with van der Waals surface area (Å²) in [6.45, 7) is 0.325. The number of aromatic nitrogens is 2. The highest BCUT2D eigenvalue weighted by atomic mass is 32.2. The smallest absolute Gasteiger partial charge is 0.330 e. The maximum Gasteiger partial charge on any atom is 0.330 e. The summed E-state index contributed by atoms with van der Waals surface area (Å²) in [5.74, 6) is -1.90. The van der Waals surface area contributed by atoms with Gasteiger partial charge in [0.25, 0.3) is 5.56 Å². The van der Waals surface area contributed by atoms with E-state index in [-0.39, 0.29) is 31.0 Å². The van der Waals surface area contributed by atoms with E-state index >= 15 is 0 Å². The Bertz CT molecular complexity index is 1030. The third kappa shape index (κ3) is 4.02. The number of hydrogen-bond donors (Lipinski definition) is 3. The first-order valence-corrected chi connectivity index (χ1v) is 9.77. The van der Waals surface area contributed by atoms with Crippen molar-refractivity contribution in [3.05, 3.63) is 50.7 Å². The van der Waals surface area contributed by atoms with E-state index in [9.17, 15) is 19.2 Å². The SMILES string of the molecule is COCCn1c2c(c(=O)[nH]c1=O)C(C(=O)Nc1cccc(SC)c1)CC(=O)N2. The van der Waals surface area contributed by atoms with Crippen LogP contribution in [0.4, 0.5) is 11.5 Å². The van der Waals surface area contributed by atoms with Crippen molar-refractivity contribution < 1.29 is 14.3 Å². The Labute approximate surface area is 164 Å². The number of fused-ring (bicyclic) bond motifs is 1. The van der Waals surface area contributed by atoms with Gasteiger partial charge in [0, 0.05) is 24.1 Å². The van der Waals surface area contributed by atoms with Crippen LogP contribution < -0.4 is 21.9 Å². The number of thioether (sulfide) groups is 1. The molecule has 0 radical (unpaired) electrons. The number of amides is 2. The van der Waals surface area contributed by atoms with Crippen LogP contribution in [0.25, 0.3) is 0 Å². The lowest BCUT2D eigenvalue weighted by Crippen LogP contribution is -2.43. The van der Waals surface area contributed by atoms with Crippen molar-refractivity contribution in [2.24, 2.45) is 0 Å². The second kappa shape index (κ2) is 8.44. The van der Waals surface area contributed by atoms with E-state index in [1.165, 1.54) is 23.4 Å². The molecular weight excluding hydrogens is 384 g/mol. The first-order valence-electron chi connectivity index (χ1n) is 8.55. The molecule has 0 bridgehead atoms. The molecule has 10 heteroatoms. The molecule has 3 N–H and O–H groups in total. The van der Waals surface area contributed by atoms with Crippen molar-refractivity contribution in [2.75, 3.05) is 30.6 Å². The van der Waals surface area contributed by atoms with Crippen molar-refractivity contribution in [1.29, 1.82) is 0 Å². The molecule has 2 amide bonds. The fourth-order valence-corrected chi connectivity index (χ4v) is 3.52. The summed E-state index contributed by atoms with van der Waals surface area (Å²) in [6.07, 6.45) is 1.73. The highest BCUT2D eigenvalue weighted by Crippen LogP contribution is 2.30. The Morgan fingerprint density at radius 2 is 2.14 bits per heavy atom. The second-order valence-corrected chi connectivity index (χ2v) is 7.07. The van der Waals surface area contributed by atoms with Crippen molar-refractivity contribution in [3.63, 3.8) is 0 Å². The van der Waals surface area contributed by atoms with E-state index in [1.54, 1.807) is 18.2 Å². The monoisotopic (exact) mass is 404 g/mol. The summed E-state index contributed by atoms with van der Waals surface area (Å²) in [5, 5.41) is 5.31. The highest BCUT2D eigenvalue weighted by molar-refractivity contribution is 7.98. The zero-order chi connectivity index (χ0) is 20.3. The summed E-state index contributed by atoms with van der Waals surface area (Å²) in [5.41, 5.74) is -0.733. The largest absolute Gasteiger partial charge is 0.383 e. The Morgan fingerprint density at radius 1 is 1.36 bits per heavy atom. The number of anilines is 2. The van der Waals surface area contributed by atoms with Gasteiger partial charge in [0.15, 0.2) is 0 Å². The molecule has 1 aromatic carbocycles. The molecule has 1 unspecified atom stereocenters.